The summed E-state index contributed by atoms with van der Waals surface area (Å²) in [5.74, 6) is -0.132. The average Bonchev–Trinajstić information content (AvgIpc) is 3.09. The van der Waals surface area contributed by atoms with Gasteiger partial charge in [-0.15, -0.1) is 11.3 Å². The number of hydrogen-bond donors (Lipinski definition) is 2. The Morgan fingerprint density at radius 1 is 1.32 bits per heavy atom. The summed E-state index contributed by atoms with van der Waals surface area (Å²) in [6.45, 7) is 1.57. The van der Waals surface area contributed by atoms with Crippen LogP contribution >= 0.6 is 11.3 Å². The maximum Gasteiger partial charge on any atom is 0.356 e. The second-order valence-corrected chi connectivity index (χ2v) is 6.33. The molecule has 0 amide bonds. The smallest absolute Gasteiger partial charge is 0.356 e. The SMILES string of the molecule is O=C(O)c1cnc(N2CCC(C(O)c3cccs3)CC2)cn1. The second kappa shape index (κ2) is 6.41. The summed E-state index contributed by atoms with van der Waals surface area (Å²) in [5, 5.41) is 21.2. The molecule has 2 aromatic rings. The summed E-state index contributed by atoms with van der Waals surface area (Å²) in [6, 6.07) is 3.93. The highest BCUT2D eigenvalue weighted by molar-refractivity contribution is 7.10. The van der Waals surface area contributed by atoms with E-state index >= 15 is 0 Å². The summed E-state index contributed by atoms with van der Waals surface area (Å²) in [6.07, 6.45) is 4.13. The summed E-state index contributed by atoms with van der Waals surface area (Å²) >= 11 is 1.58. The molecule has 3 rings (SSSR count). The number of carboxylic acid groups (broad SMARTS) is 1. The summed E-state index contributed by atoms with van der Waals surface area (Å²) in [4.78, 5) is 21.9. The monoisotopic (exact) mass is 319 g/mol. The van der Waals surface area contributed by atoms with Crippen molar-refractivity contribution in [1.82, 2.24) is 9.97 Å². The zero-order chi connectivity index (χ0) is 15.5. The van der Waals surface area contributed by atoms with Gasteiger partial charge in [-0.05, 0) is 30.2 Å². The lowest BCUT2D eigenvalue weighted by Crippen LogP contribution is -2.36. The van der Waals surface area contributed by atoms with Gasteiger partial charge in [0.15, 0.2) is 5.69 Å². The Morgan fingerprint density at radius 3 is 2.64 bits per heavy atom. The van der Waals surface area contributed by atoms with Gasteiger partial charge in [0.1, 0.15) is 5.82 Å². The fourth-order valence-corrected chi connectivity index (χ4v) is 3.53. The van der Waals surface area contributed by atoms with E-state index in [1.165, 1.54) is 12.4 Å². The number of rotatable bonds is 4. The van der Waals surface area contributed by atoms with Crippen molar-refractivity contribution in [3.63, 3.8) is 0 Å². The van der Waals surface area contributed by atoms with Crippen LogP contribution in [0.2, 0.25) is 0 Å². The number of nitrogens with zero attached hydrogens (tertiary/aromatic N) is 3. The summed E-state index contributed by atoms with van der Waals surface area (Å²) in [7, 11) is 0. The third kappa shape index (κ3) is 3.10. The predicted molar refractivity (Wildman–Crippen MR) is 83.2 cm³/mol. The van der Waals surface area contributed by atoms with Crippen LogP contribution < -0.4 is 4.90 Å². The quantitative estimate of drug-likeness (QED) is 0.898. The highest BCUT2D eigenvalue weighted by Crippen LogP contribution is 2.33. The Hall–Kier alpha value is -1.99. The molecule has 2 aromatic heterocycles. The van der Waals surface area contributed by atoms with Gasteiger partial charge in [-0.2, -0.15) is 0 Å². The minimum atomic E-state index is -1.07. The van der Waals surface area contributed by atoms with E-state index in [4.69, 9.17) is 5.11 Å². The fourth-order valence-electron chi connectivity index (χ4n) is 2.73. The standard InChI is InChI=1S/C15H17N3O3S/c19-14(12-2-1-7-22-12)10-3-5-18(6-4-10)13-9-16-11(8-17-13)15(20)21/h1-2,7-10,14,19H,3-6H2,(H,20,21). The molecule has 1 aliphatic rings. The van der Waals surface area contributed by atoms with Gasteiger partial charge in [-0.3, -0.25) is 0 Å². The van der Waals surface area contributed by atoms with Gasteiger partial charge in [0.2, 0.25) is 0 Å². The lowest BCUT2D eigenvalue weighted by Gasteiger charge is -2.34. The first-order valence-corrected chi connectivity index (χ1v) is 8.05. The number of aliphatic hydroxyl groups is 1. The molecule has 0 aromatic carbocycles. The van der Waals surface area contributed by atoms with Crippen LogP contribution in [-0.2, 0) is 0 Å². The Bertz CT molecular complexity index is 622. The molecule has 1 saturated heterocycles. The van der Waals surface area contributed by atoms with E-state index in [1.54, 1.807) is 11.3 Å². The van der Waals surface area contributed by atoms with Crippen LogP contribution in [0.5, 0.6) is 0 Å². The summed E-state index contributed by atoms with van der Waals surface area (Å²) < 4.78 is 0. The molecule has 0 aliphatic carbocycles. The van der Waals surface area contributed by atoms with Crippen molar-refractivity contribution in [3.8, 4) is 0 Å². The van der Waals surface area contributed by atoms with Crippen molar-refractivity contribution in [2.24, 2.45) is 5.92 Å². The first-order valence-electron chi connectivity index (χ1n) is 7.17. The molecule has 0 bridgehead atoms. The molecular weight excluding hydrogens is 302 g/mol. The van der Waals surface area contributed by atoms with E-state index in [0.29, 0.717) is 5.82 Å². The van der Waals surface area contributed by atoms with Crippen LogP contribution in [0.1, 0.15) is 34.3 Å². The van der Waals surface area contributed by atoms with Crippen LogP contribution in [0.3, 0.4) is 0 Å². The topological polar surface area (TPSA) is 86.5 Å². The van der Waals surface area contributed by atoms with Gasteiger partial charge in [0.05, 0.1) is 18.5 Å². The Balaban J connectivity index is 1.60. The minimum absolute atomic E-state index is 0.0493. The van der Waals surface area contributed by atoms with Crippen LogP contribution in [0, 0.1) is 5.92 Å². The van der Waals surface area contributed by atoms with Gasteiger partial charge >= 0.3 is 5.97 Å². The van der Waals surface area contributed by atoms with Crippen LogP contribution in [0.25, 0.3) is 0 Å². The molecule has 2 N–H and O–H groups in total. The number of carboxylic acids is 1. The third-order valence-corrected chi connectivity index (χ3v) is 4.95. The van der Waals surface area contributed by atoms with Crippen molar-refractivity contribution < 1.29 is 15.0 Å². The molecule has 1 unspecified atom stereocenters. The normalized spacial score (nSPS) is 17.4. The first-order chi connectivity index (χ1) is 10.6. The number of aliphatic hydroxyl groups excluding tert-OH is 1. The van der Waals surface area contributed by atoms with Crippen molar-refractivity contribution in [3.05, 3.63) is 40.5 Å². The number of carbonyl (C=O) groups is 1. The van der Waals surface area contributed by atoms with Gasteiger partial charge < -0.3 is 15.1 Å². The maximum atomic E-state index is 10.8. The molecule has 1 fully saturated rings. The van der Waals surface area contributed by atoms with E-state index in [9.17, 15) is 9.90 Å². The molecule has 3 heterocycles. The van der Waals surface area contributed by atoms with Crippen molar-refractivity contribution in [1.29, 1.82) is 0 Å². The van der Waals surface area contributed by atoms with Crippen molar-refractivity contribution >= 4 is 23.1 Å². The predicted octanol–water partition coefficient (Wildman–Crippen LogP) is 2.19. The average molecular weight is 319 g/mol. The largest absolute Gasteiger partial charge is 0.476 e. The van der Waals surface area contributed by atoms with Crippen LogP contribution in [0.4, 0.5) is 5.82 Å². The van der Waals surface area contributed by atoms with Crippen molar-refractivity contribution in [2.75, 3.05) is 18.0 Å². The molecule has 1 aliphatic heterocycles. The van der Waals surface area contributed by atoms with Gasteiger partial charge in [-0.25, -0.2) is 14.8 Å². The zero-order valence-electron chi connectivity index (χ0n) is 11.9. The lowest BCUT2D eigenvalue weighted by atomic mass is 9.90. The number of aromatic carboxylic acids is 1. The first kappa shape index (κ1) is 14.9. The van der Waals surface area contributed by atoms with Gasteiger partial charge in [-0.1, -0.05) is 6.07 Å². The second-order valence-electron chi connectivity index (χ2n) is 5.35. The molecule has 1 atom stereocenters. The van der Waals surface area contributed by atoms with Gasteiger partial charge in [0, 0.05) is 18.0 Å². The number of anilines is 1. The Labute approximate surface area is 132 Å². The number of hydrogen-bond acceptors (Lipinski definition) is 6. The third-order valence-electron chi connectivity index (χ3n) is 4.00. The van der Waals surface area contributed by atoms with Crippen LogP contribution in [-0.4, -0.2) is 39.2 Å². The molecule has 7 heteroatoms. The van der Waals surface area contributed by atoms with E-state index < -0.39 is 12.1 Å². The lowest BCUT2D eigenvalue weighted by molar-refractivity contribution is 0.0690. The van der Waals surface area contributed by atoms with E-state index in [-0.39, 0.29) is 11.6 Å². The molecule has 0 spiro atoms. The number of piperidine rings is 1. The molecule has 116 valence electrons. The fraction of sp³-hybridized carbons (Fsp3) is 0.400. The number of thiophene rings is 1. The Kier molecular flexibility index (Phi) is 4.35. The molecule has 0 radical (unpaired) electrons. The molecule has 22 heavy (non-hydrogen) atoms. The van der Waals surface area contributed by atoms with Gasteiger partial charge in [0.25, 0.3) is 0 Å². The van der Waals surface area contributed by atoms with E-state index in [1.807, 2.05) is 17.5 Å². The molecule has 6 nitrogen and oxygen atoms in total. The summed E-state index contributed by atoms with van der Waals surface area (Å²) in [5.41, 5.74) is -0.0493. The molecule has 0 saturated carbocycles. The maximum absolute atomic E-state index is 10.8. The minimum Gasteiger partial charge on any atom is -0.476 e. The van der Waals surface area contributed by atoms with E-state index in [0.717, 1.165) is 30.8 Å². The number of aromatic nitrogens is 2. The highest BCUT2D eigenvalue weighted by atomic mass is 32.1. The zero-order valence-corrected chi connectivity index (χ0v) is 12.7. The van der Waals surface area contributed by atoms with E-state index in [2.05, 4.69) is 14.9 Å². The van der Waals surface area contributed by atoms with Crippen LogP contribution in [0.15, 0.2) is 29.9 Å². The highest BCUT2D eigenvalue weighted by Gasteiger charge is 2.27. The molecular formula is C15H17N3O3S. The Morgan fingerprint density at radius 2 is 2.09 bits per heavy atom. The van der Waals surface area contributed by atoms with Crippen molar-refractivity contribution in [2.45, 2.75) is 18.9 Å².